The van der Waals surface area contributed by atoms with Gasteiger partial charge in [-0.2, -0.15) is 0 Å². The van der Waals surface area contributed by atoms with E-state index in [2.05, 4.69) is 59.5 Å². The fourth-order valence-electron chi connectivity index (χ4n) is 2.38. The number of hydrogen-bond donors (Lipinski definition) is 0. The van der Waals surface area contributed by atoms with Crippen LogP contribution in [-0.2, 0) is 0 Å². The zero-order chi connectivity index (χ0) is 17.6. The summed E-state index contributed by atoms with van der Waals surface area (Å²) in [5.74, 6) is 0. The number of benzene rings is 2. The van der Waals surface area contributed by atoms with Gasteiger partial charge in [-0.25, -0.2) is 0 Å². The molecule has 6 nitrogen and oxygen atoms in total. The Morgan fingerprint density at radius 3 is 1.84 bits per heavy atom. The molecule has 1 heterocycles. The van der Waals surface area contributed by atoms with Gasteiger partial charge in [0.1, 0.15) is 0 Å². The molecule has 1 aliphatic heterocycles. The molecule has 0 N–H and O–H groups in total. The van der Waals surface area contributed by atoms with Crippen molar-refractivity contribution in [3.63, 3.8) is 0 Å². The molecule has 0 aliphatic carbocycles. The molecule has 2 aromatic carbocycles. The third-order valence-electron chi connectivity index (χ3n) is 3.79. The van der Waals surface area contributed by atoms with Crippen molar-refractivity contribution in [1.82, 2.24) is 10.0 Å². The average Bonchev–Trinajstić information content (AvgIpc) is 2.62. The third kappa shape index (κ3) is 5.34. The van der Waals surface area contributed by atoms with E-state index in [0.29, 0.717) is 0 Å². The highest BCUT2D eigenvalue weighted by molar-refractivity contribution is 9.10. The maximum Gasteiger partial charge on any atom is 0.0875 e. The van der Waals surface area contributed by atoms with E-state index < -0.39 is 0 Å². The van der Waals surface area contributed by atoms with Crippen LogP contribution in [0, 0.1) is 0 Å². The second-order valence-corrected chi connectivity index (χ2v) is 7.59. The first-order valence-electron chi connectivity index (χ1n) is 7.96. The van der Waals surface area contributed by atoms with Crippen LogP contribution in [0.2, 0.25) is 0 Å². The maximum atomic E-state index is 4.37. The van der Waals surface area contributed by atoms with E-state index in [1.807, 2.05) is 58.5 Å². The molecular weight excluding hydrogens is 448 g/mol. The number of halogens is 2. The molecule has 2 aromatic rings. The molecule has 25 heavy (non-hydrogen) atoms. The monoisotopic (exact) mass is 464 g/mol. The lowest BCUT2D eigenvalue weighted by molar-refractivity contribution is 0.0767. The van der Waals surface area contributed by atoms with Crippen molar-refractivity contribution in [2.45, 2.75) is 13.0 Å². The molecule has 0 spiro atoms. The summed E-state index contributed by atoms with van der Waals surface area (Å²) in [7, 11) is 0. The Morgan fingerprint density at radius 2 is 1.32 bits per heavy atom. The van der Waals surface area contributed by atoms with E-state index in [1.165, 1.54) is 0 Å². The Labute approximate surface area is 163 Å². The van der Waals surface area contributed by atoms with Gasteiger partial charge >= 0.3 is 0 Å². The predicted octanol–water partition coefficient (Wildman–Crippen LogP) is 5.92. The number of rotatable bonds is 4. The van der Waals surface area contributed by atoms with Crippen LogP contribution >= 0.6 is 31.9 Å². The molecule has 0 radical (unpaired) electrons. The van der Waals surface area contributed by atoms with Crippen molar-refractivity contribution in [2.24, 2.45) is 20.7 Å². The standard InChI is InChI=1S/C17H18Br2N6/c1-13-12-24(22-20-16-6-2-14(18)3-7-16)10-11-25(13)23-21-17-8-4-15(19)5-9-17/h2-9,13H,10-12H2,1H3. The van der Waals surface area contributed by atoms with Gasteiger partial charge in [0.2, 0.25) is 0 Å². The summed E-state index contributed by atoms with van der Waals surface area (Å²) in [5.41, 5.74) is 1.68. The summed E-state index contributed by atoms with van der Waals surface area (Å²) in [6.45, 7) is 4.41. The molecule has 0 amide bonds. The fraction of sp³-hybridized carbons (Fsp3) is 0.294. The van der Waals surface area contributed by atoms with E-state index >= 15 is 0 Å². The van der Waals surface area contributed by atoms with Crippen molar-refractivity contribution in [3.8, 4) is 0 Å². The summed E-state index contributed by atoms with van der Waals surface area (Å²) >= 11 is 6.83. The number of piperazine rings is 1. The largest absolute Gasteiger partial charge is 0.274 e. The number of nitrogens with zero attached hydrogens (tertiary/aromatic N) is 6. The molecule has 1 fully saturated rings. The molecule has 3 rings (SSSR count). The normalized spacial score (nSPS) is 18.4. The zero-order valence-corrected chi connectivity index (χ0v) is 16.9. The number of hydrogen-bond acceptors (Lipinski definition) is 4. The fourth-order valence-corrected chi connectivity index (χ4v) is 2.91. The second kappa shape index (κ2) is 8.53. The van der Waals surface area contributed by atoms with Crippen LogP contribution < -0.4 is 0 Å². The SMILES string of the molecule is CC1CN(N=Nc2ccc(Br)cc2)CCN1N=Nc1ccc(Br)cc1. The quantitative estimate of drug-likeness (QED) is 0.526. The third-order valence-corrected chi connectivity index (χ3v) is 4.84. The van der Waals surface area contributed by atoms with Gasteiger partial charge in [0.05, 0.1) is 37.1 Å². The highest BCUT2D eigenvalue weighted by atomic mass is 79.9. The second-order valence-electron chi connectivity index (χ2n) is 5.76. The summed E-state index contributed by atoms with van der Waals surface area (Å²) in [6.07, 6.45) is 0. The topological polar surface area (TPSA) is 55.9 Å². The van der Waals surface area contributed by atoms with Gasteiger partial charge in [-0.05, 0) is 55.5 Å². The molecule has 1 atom stereocenters. The predicted molar refractivity (Wildman–Crippen MR) is 105 cm³/mol. The van der Waals surface area contributed by atoms with Crippen LogP contribution in [0.1, 0.15) is 6.92 Å². The van der Waals surface area contributed by atoms with Crippen LogP contribution in [0.4, 0.5) is 11.4 Å². The van der Waals surface area contributed by atoms with E-state index in [4.69, 9.17) is 0 Å². The molecule has 1 unspecified atom stereocenters. The van der Waals surface area contributed by atoms with Gasteiger partial charge in [0.25, 0.3) is 0 Å². The Morgan fingerprint density at radius 1 is 0.800 bits per heavy atom. The first kappa shape index (κ1) is 18.0. The van der Waals surface area contributed by atoms with E-state index in [0.717, 1.165) is 40.0 Å². The summed E-state index contributed by atoms with van der Waals surface area (Å²) in [5, 5.41) is 21.3. The van der Waals surface area contributed by atoms with Gasteiger partial charge in [-0.15, -0.1) is 10.2 Å². The van der Waals surface area contributed by atoms with Crippen molar-refractivity contribution in [3.05, 3.63) is 57.5 Å². The molecule has 1 saturated heterocycles. The minimum absolute atomic E-state index is 0.219. The van der Waals surface area contributed by atoms with Crippen LogP contribution in [0.3, 0.4) is 0 Å². The molecule has 130 valence electrons. The smallest absolute Gasteiger partial charge is 0.0875 e. The van der Waals surface area contributed by atoms with Gasteiger partial charge < -0.3 is 0 Å². The lowest BCUT2D eigenvalue weighted by atomic mass is 10.2. The lowest BCUT2D eigenvalue weighted by Crippen LogP contribution is -2.47. The van der Waals surface area contributed by atoms with Crippen LogP contribution in [-0.4, -0.2) is 35.7 Å². The first-order valence-corrected chi connectivity index (χ1v) is 9.55. The molecular formula is C17H18Br2N6. The highest BCUT2D eigenvalue weighted by Gasteiger charge is 2.22. The Hall–Kier alpha value is -1.80. The van der Waals surface area contributed by atoms with Crippen LogP contribution in [0.15, 0.2) is 78.2 Å². The summed E-state index contributed by atoms with van der Waals surface area (Å²) in [4.78, 5) is 0. The molecule has 8 heteroatoms. The Kier molecular flexibility index (Phi) is 6.14. The van der Waals surface area contributed by atoms with Gasteiger partial charge in [0, 0.05) is 8.95 Å². The van der Waals surface area contributed by atoms with Gasteiger partial charge in [-0.1, -0.05) is 42.3 Å². The van der Waals surface area contributed by atoms with Gasteiger partial charge in [-0.3, -0.25) is 10.0 Å². The molecule has 0 saturated carbocycles. The Bertz CT molecular complexity index is 745. The lowest BCUT2D eigenvalue weighted by Gasteiger charge is -2.34. The maximum absolute atomic E-state index is 4.37. The van der Waals surface area contributed by atoms with Gasteiger partial charge in [0.15, 0.2) is 0 Å². The highest BCUT2D eigenvalue weighted by Crippen LogP contribution is 2.20. The average molecular weight is 466 g/mol. The minimum atomic E-state index is 0.219. The van der Waals surface area contributed by atoms with Crippen LogP contribution in [0.5, 0.6) is 0 Å². The van der Waals surface area contributed by atoms with Crippen molar-refractivity contribution < 1.29 is 0 Å². The molecule has 0 bridgehead atoms. The summed E-state index contributed by atoms with van der Waals surface area (Å²) < 4.78 is 2.06. The minimum Gasteiger partial charge on any atom is -0.274 e. The molecule has 1 aliphatic rings. The van der Waals surface area contributed by atoms with E-state index in [9.17, 15) is 0 Å². The van der Waals surface area contributed by atoms with E-state index in [1.54, 1.807) is 0 Å². The zero-order valence-electron chi connectivity index (χ0n) is 13.8. The Balaban J connectivity index is 1.55. The van der Waals surface area contributed by atoms with Crippen molar-refractivity contribution in [1.29, 1.82) is 0 Å². The van der Waals surface area contributed by atoms with Crippen molar-refractivity contribution in [2.75, 3.05) is 19.6 Å². The van der Waals surface area contributed by atoms with Crippen molar-refractivity contribution >= 4 is 43.2 Å². The molecule has 0 aromatic heterocycles. The first-order chi connectivity index (χ1) is 12.1. The van der Waals surface area contributed by atoms with Crippen LogP contribution in [0.25, 0.3) is 0 Å². The van der Waals surface area contributed by atoms with E-state index in [-0.39, 0.29) is 6.04 Å². The summed E-state index contributed by atoms with van der Waals surface area (Å²) in [6, 6.07) is 15.8.